The third kappa shape index (κ3) is 27.1. The number of amides is 14. The second kappa shape index (κ2) is 42.6. The van der Waals surface area contributed by atoms with Crippen molar-refractivity contribution < 1.29 is 72.2 Å². The Balaban J connectivity index is 1.40. The molecule has 2 aromatic heterocycles. The zero-order chi connectivity index (χ0) is 80.9. The molecule has 3 aromatic carbocycles. The number of carbonyl (C=O) groups excluding carboxylic acids is 14. The number of fused-ring (bicyclic) bond motifs is 2. The average Bonchev–Trinajstić information content (AvgIpc) is 1.67. The largest absolute Gasteiger partial charge is 0.394 e. The number of nitrogens with two attached hydrogens (primary N) is 4. The molecular formula is C72H102N22O15S. The molecule has 1 saturated heterocycles. The number of aromatic nitrogens is 2. The Hall–Kier alpha value is -11.8. The van der Waals surface area contributed by atoms with Gasteiger partial charge in [-0.1, -0.05) is 108 Å². The Kier molecular flexibility index (Phi) is 33.8. The molecule has 1 fully saturated rings. The Morgan fingerprint density at radius 1 is 0.464 bits per heavy atom. The minimum absolute atomic E-state index is 0.0124. The molecule has 11 atom stereocenters. The van der Waals surface area contributed by atoms with Gasteiger partial charge >= 0.3 is 0 Å². The van der Waals surface area contributed by atoms with E-state index in [4.69, 9.17) is 33.8 Å². The molecule has 0 spiro atoms. The van der Waals surface area contributed by atoms with Gasteiger partial charge in [-0.25, -0.2) is 0 Å². The Labute approximate surface area is 638 Å². The summed E-state index contributed by atoms with van der Waals surface area (Å²) in [6.07, 6.45) is 1.35. The monoisotopic (exact) mass is 1550 g/mol. The average molecular weight is 1550 g/mol. The van der Waals surface area contributed by atoms with Crippen molar-refractivity contribution in [1.29, 1.82) is 10.8 Å². The van der Waals surface area contributed by atoms with Crippen LogP contribution in [0.25, 0.3) is 21.8 Å². The molecule has 6 rings (SSSR count). The SMILES string of the molecule is CC(C)[C@@H]1NC(=O)[C@H](Cc2c[nH]c3ccccc23)NC(=O)[C@H](C(C)C)NC(=O)[C@H](C(C)C)NC(=O)[C@H](Cc2c[nH]c3ccccc23)NC(=O)[C@H](CC(N)=O)NC(=O)[C@H](CCCNC(=N)N)NC(=O)CNC(=O)[C@H](CO)NC(=O)[C@H](CCCNC(=N)N)NC(=O)[C@H](Cc2ccccc2)NC(=O)CSC[C@@H](C(N)=O)NC1=O. The first-order valence-electron chi connectivity index (χ1n) is 35.9. The lowest BCUT2D eigenvalue weighted by Crippen LogP contribution is -2.62. The van der Waals surface area contributed by atoms with Crippen LogP contribution in [0.15, 0.2) is 91.3 Å². The van der Waals surface area contributed by atoms with Crippen LogP contribution >= 0.6 is 11.8 Å². The van der Waals surface area contributed by atoms with Gasteiger partial charge in [0.25, 0.3) is 0 Å². The molecule has 1 aliphatic rings. The van der Waals surface area contributed by atoms with E-state index in [1.54, 1.807) is 133 Å². The fourth-order valence-electron chi connectivity index (χ4n) is 11.9. The van der Waals surface area contributed by atoms with Gasteiger partial charge in [0.05, 0.1) is 25.3 Å². The molecule has 3 heterocycles. The molecule has 110 heavy (non-hydrogen) atoms. The summed E-state index contributed by atoms with van der Waals surface area (Å²) in [7, 11) is 0. The molecule has 0 unspecified atom stereocenters. The standard InChI is InChI=1S/C72H102N22O15S/c1-36(2)57-69(108)91-53(60(74)99)34-110-35-56(98)85-48(26-39-16-8-7-9-17-39)64(103)86-47(23-15-25-80-72(77)78)63(102)90-52(33-95)61(100)83-32-55(97)84-46(22-14-24-79-71(75)76)62(101)88-51(29-54(73)96)65(104)87-49(27-40-30-81-44-20-12-10-18-42(40)44)66(105)93-59(38(5)6)70(109)94-58(37(3)4)68(107)89-50(67(106)92-57)28-41-31-82-45-21-13-11-19-43(41)45/h7-13,16-21,30-31,36-38,46-53,57-59,81-82,95H,14-15,22-29,32-35H2,1-6H3,(H2,73,96)(H2,74,99)(H,83,100)(H,84,97)(H,85,98)(H,86,103)(H,87,104)(H,88,101)(H,89,107)(H,90,102)(H,91,108)(H,92,106)(H,93,105)(H,94,109)(H4,75,76,79)(H4,77,78,80)/t46-,47-,48-,49-,50-,51-,52-,53-,57-,58-,59-/m0/s1. The Bertz CT molecular complexity index is 4110. The molecule has 0 saturated carbocycles. The zero-order valence-corrected chi connectivity index (χ0v) is 62.8. The number of thioether (sulfide) groups is 1. The molecule has 5 aromatic rings. The van der Waals surface area contributed by atoms with Gasteiger partial charge < -0.3 is 112 Å². The van der Waals surface area contributed by atoms with E-state index in [2.05, 4.69) is 84.4 Å². The maximum absolute atomic E-state index is 15.0. The second-order valence-electron chi connectivity index (χ2n) is 27.6. The number of nitrogens with one attached hydrogen (secondary N) is 18. The molecule has 1 aliphatic heterocycles. The summed E-state index contributed by atoms with van der Waals surface area (Å²) in [6, 6.07) is 5.47. The molecular weight excluding hydrogens is 1440 g/mol. The normalized spacial score (nSPS) is 23.0. The number of hydrogen-bond donors (Lipinski definition) is 23. The van der Waals surface area contributed by atoms with Crippen molar-refractivity contribution in [3.8, 4) is 0 Å². The van der Waals surface area contributed by atoms with Crippen LogP contribution in [0.5, 0.6) is 0 Å². The summed E-state index contributed by atoms with van der Waals surface area (Å²) in [6.45, 7) is 7.64. The third-order valence-electron chi connectivity index (χ3n) is 17.8. The maximum atomic E-state index is 15.0. The van der Waals surface area contributed by atoms with E-state index in [1.807, 2.05) is 0 Å². The number of hydrogen-bond acceptors (Lipinski definition) is 18. The molecule has 0 radical (unpaired) electrons. The van der Waals surface area contributed by atoms with E-state index in [-0.39, 0.29) is 63.8 Å². The van der Waals surface area contributed by atoms with Gasteiger partial charge in [-0.3, -0.25) is 77.9 Å². The van der Waals surface area contributed by atoms with Crippen LogP contribution < -0.4 is 97.4 Å². The van der Waals surface area contributed by atoms with Crippen LogP contribution in [-0.2, 0) is 86.4 Å². The lowest BCUT2D eigenvalue weighted by atomic mass is 9.97. The van der Waals surface area contributed by atoms with Gasteiger partial charge in [-0.05, 0) is 72.3 Å². The van der Waals surface area contributed by atoms with Crippen molar-refractivity contribution in [3.63, 3.8) is 0 Å². The number of carbonyl (C=O) groups is 14. The van der Waals surface area contributed by atoms with Gasteiger partial charge in [0.2, 0.25) is 82.7 Å². The van der Waals surface area contributed by atoms with E-state index >= 15 is 0 Å². The first kappa shape index (κ1) is 87.1. The minimum atomic E-state index is -1.87. The van der Waals surface area contributed by atoms with E-state index in [0.29, 0.717) is 38.5 Å². The number of benzene rings is 3. The summed E-state index contributed by atoms with van der Waals surface area (Å²) >= 11 is 0.839. The maximum Gasteiger partial charge on any atom is 0.245 e. The number of primary amides is 2. The van der Waals surface area contributed by atoms with Crippen molar-refractivity contribution in [3.05, 3.63) is 108 Å². The highest BCUT2D eigenvalue weighted by Gasteiger charge is 2.39. The summed E-state index contributed by atoms with van der Waals surface area (Å²) in [5.41, 5.74) is 25.4. The van der Waals surface area contributed by atoms with Gasteiger partial charge in [0.15, 0.2) is 11.9 Å². The number of para-hydroxylation sites is 2. The lowest BCUT2D eigenvalue weighted by molar-refractivity contribution is -0.137. The fourth-order valence-corrected chi connectivity index (χ4v) is 12.8. The van der Waals surface area contributed by atoms with Crippen molar-refractivity contribution in [2.45, 2.75) is 159 Å². The number of aliphatic hydroxyl groups excluding tert-OH is 1. The lowest BCUT2D eigenvalue weighted by Gasteiger charge is -2.30. The van der Waals surface area contributed by atoms with Crippen molar-refractivity contribution >= 4 is 128 Å². The molecule has 596 valence electrons. The summed E-state index contributed by atoms with van der Waals surface area (Å²) in [5, 5.41) is 63.1. The van der Waals surface area contributed by atoms with Crippen molar-refractivity contribution in [2.24, 2.45) is 40.7 Å². The quantitative estimate of drug-likeness (QED) is 0.0188. The number of guanidine groups is 2. The van der Waals surface area contributed by atoms with Gasteiger partial charge in [0.1, 0.15) is 66.5 Å². The minimum Gasteiger partial charge on any atom is -0.394 e. The zero-order valence-electron chi connectivity index (χ0n) is 62.0. The summed E-state index contributed by atoms with van der Waals surface area (Å²) in [4.78, 5) is 206. The number of aromatic amines is 2. The van der Waals surface area contributed by atoms with Crippen LogP contribution in [0.1, 0.15) is 90.3 Å². The van der Waals surface area contributed by atoms with Crippen molar-refractivity contribution in [1.82, 2.24) is 84.4 Å². The molecule has 14 amide bonds. The number of aliphatic hydroxyl groups is 1. The van der Waals surface area contributed by atoms with Crippen LogP contribution in [0, 0.1) is 28.6 Å². The summed E-state index contributed by atoms with van der Waals surface area (Å²) in [5.74, 6) is -17.5. The Morgan fingerprint density at radius 3 is 1.34 bits per heavy atom. The highest BCUT2D eigenvalue weighted by Crippen LogP contribution is 2.23. The van der Waals surface area contributed by atoms with Crippen molar-refractivity contribution in [2.75, 3.05) is 37.7 Å². The van der Waals surface area contributed by atoms with Crippen LogP contribution in [0.4, 0.5) is 0 Å². The number of H-pyrrole nitrogens is 2. The highest BCUT2D eigenvalue weighted by molar-refractivity contribution is 8.00. The van der Waals surface area contributed by atoms with Crippen LogP contribution in [-0.4, -0.2) is 214 Å². The molecule has 27 N–H and O–H groups in total. The van der Waals surface area contributed by atoms with Crippen LogP contribution in [0.3, 0.4) is 0 Å². The first-order valence-corrected chi connectivity index (χ1v) is 37.0. The smallest absolute Gasteiger partial charge is 0.245 e. The first-order chi connectivity index (χ1) is 52.2. The van der Waals surface area contributed by atoms with Crippen LogP contribution in [0.2, 0.25) is 0 Å². The molecule has 37 nitrogen and oxygen atoms in total. The third-order valence-corrected chi connectivity index (χ3v) is 18.9. The fraction of sp³-hybridized carbons (Fsp3) is 0.472. The molecule has 0 bridgehead atoms. The second-order valence-corrected chi connectivity index (χ2v) is 28.6. The molecule has 38 heteroatoms. The highest BCUT2D eigenvalue weighted by atomic mass is 32.2. The van der Waals surface area contributed by atoms with E-state index in [0.717, 1.165) is 11.8 Å². The number of rotatable bonds is 21. The van der Waals surface area contributed by atoms with E-state index in [1.165, 1.54) is 0 Å². The topological polar surface area (TPSA) is 611 Å². The molecule has 0 aliphatic carbocycles. The Morgan fingerprint density at radius 2 is 0.855 bits per heavy atom. The van der Waals surface area contributed by atoms with Gasteiger partial charge in [-0.2, -0.15) is 0 Å². The predicted octanol–water partition coefficient (Wildman–Crippen LogP) is -4.28. The van der Waals surface area contributed by atoms with Gasteiger partial charge in [-0.15, -0.1) is 11.8 Å². The van der Waals surface area contributed by atoms with Gasteiger partial charge in [0, 0.05) is 72.3 Å². The van der Waals surface area contributed by atoms with E-state index in [9.17, 15) is 72.2 Å². The predicted molar refractivity (Wildman–Crippen MR) is 409 cm³/mol. The summed E-state index contributed by atoms with van der Waals surface area (Å²) < 4.78 is 0. The van der Waals surface area contributed by atoms with E-state index < -0.39 is 204 Å².